The Morgan fingerprint density at radius 2 is 1.77 bits per heavy atom. The lowest BCUT2D eigenvalue weighted by atomic mass is 9.89. The molecule has 2 aromatic rings. The van der Waals surface area contributed by atoms with Gasteiger partial charge in [-0.05, 0) is 79.6 Å². The Morgan fingerprint density at radius 1 is 1.03 bits per heavy atom. The fourth-order valence-electron chi connectivity index (χ4n) is 5.50. The average molecular weight is 540 g/mol. The number of piperidine rings is 2. The van der Waals surface area contributed by atoms with Crippen LogP contribution in [0.15, 0.2) is 46.9 Å². The first-order chi connectivity index (χ1) is 16.9. The predicted octanol–water partition coefficient (Wildman–Crippen LogP) is 3.51. The molecule has 2 fully saturated rings. The second kappa shape index (κ2) is 10.2. The van der Waals surface area contributed by atoms with E-state index >= 15 is 0 Å². The Hall–Kier alpha value is -2.55. The number of aliphatic hydroxyl groups excluding tert-OH is 1. The van der Waals surface area contributed by atoms with Gasteiger partial charge >= 0.3 is 0 Å². The van der Waals surface area contributed by atoms with Crippen LogP contribution in [0.25, 0.3) is 0 Å². The Balaban J connectivity index is 1.15. The summed E-state index contributed by atoms with van der Waals surface area (Å²) in [6.45, 7) is 3.19. The molecule has 3 heterocycles. The quantitative estimate of drug-likeness (QED) is 0.548. The van der Waals surface area contributed by atoms with E-state index in [0.29, 0.717) is 30.9 Å². The van der Waals surface area contributed by atoms with Gasteiger partial charge in [0.05, 0.1) is 6.10 Å². The van der Waals surface area contributed by atoms with Gasteiger partial charge in [0.2, 0.25) is 11.8 Å². The summed E-state index contributed by atoms with van der Waals surface area (Å²) in [5, 5.41) is 13.2. The van der Waals surface area contributed by atoms with E-state index in [2.05, 4.69) is 50.4 Å². The zero-order valence-corrected chi connectivity index (χ0v) is 21.2. The molecule has 0 aromatic heterocycles. The zero-order chi connectivity index (χ0) is 24.5. The molecular formula is C27H30BrN3O4. The van der Waals surface area contributed by atoms with Crippen LogP contribution in [0.5, 0.6) is 0 Å². The number of carbonyl (C=O) groups is 3. The number of aliphatic hydroxyl groups is 1. The number of rotatable bonds is 6. The van der Waals surface area contributed by atoms with Crippen LogP contribution in [-0.2, 0) is 16.1 Å². The smallest absolute Gasteiger partial charge is 0.255 e. The normalized spacial score (nSPS) is 22.3. The maximum Gasteiger partial charge on any atom is 0.255 e. The third-order valence-corrected chi connectivity index (χ3v) is 8.11. The first-order valence-corrected chi connectivity index (χ1v) is 13.1. The summed E-state index contributed by atoms with van der Waals surface area (Å²) in [5.41, 5.74) is 3.59. The molecule has 0 saturated carbocycles. The van der Waals surface area contributed by atoms with E-state index in [4.69, 9.17) is 0 Å². The van der Waals surface area contributed by atoms with E-state index < -0.39 is 18.1 Å². The monoisotopic (exact) mass is 539 g/mol. The van der Waals surface area contributed by atoms with E-state index in [0.717, 1.165) is 48.1 Å². The molecule has 2 aromatic carbocycles. The summed E-state index contributed by atoms with van der Waals surface area (Å²) in [6, 6.07) is 13.5. The molecule has 3 aliphatic heterocycles. The van der Waals surface area contributed by atoms with Crippen molar-refractivity contribution in [2.75, 3.05) is 19.6 Å². The summed E-state index contributed by atoms with van der Waals surface area (Å²) < 4.78 is 1.10. The first-order valence-electron chi connectivity index (χ1n) is 12.3. The molecule has 2 unspecified atom stereocenters. The summed E-state index contributed by atoms with van der Waals surface area (Å²) in [6.07, 6.45) is 2.85. The largest absolute Gasteiger partial charge is 0.388 e. The molecule has 184 valence electrons. The minimum atomic E-state index is -0.624. The van der Waals surface area contributed by atoms with Gasteiger partial charge in [0.15, 0.2) is 0 Å². The van der Waals surface area contributed by atoms with Gasteiger partial charge in [0.1, 0.15) is 6.04 Å². The number of likely N-dealkylation sites (tertiary alicyclic amines) is 1. The van der Waals surface area contributed by atoms with Gasteiger partial charge in [-0.1, -0.05) is 40.2 Å². The van der Waals surface area contributed by atoms with Crippen molar-refractivity contribution in [3.63, 3.8) is 0 Å². The van der Waals surface area contributed by atoms with Gasteiger partial charge in [-0.15, -0.1) is 0 Å². The molecule has 0 radical (unpaired) electrons. The van der Waals surface area contributed by atoms with Gasteiger partial charge < -0.3 is 14.9 Å². The molecule has 3 aliphatic rings. The minimum absolute atomic E-state index is 0.191. The van der Waals surface area contributed by atoms with E-state index in [1.807, 2.05) is 12.1 Å². The number of fused-ring (bicyclic) bond motifs is 1. The van der Waals surface area contributed by atoms with Crippen molar-refractivity contribution >= 4 is 33.7 Å². The molecule has 0 spiro atoms. The molecule has 8 heteroatoms. The van der Waals surface area contributed by atoms with E-state index in [9.17, 15) is 19.5 Å². The van der Waals surface area contributed by atoms with Crippen LogP contribution < -0.4 is 5.32 Å². The molecule has 2 N–H and O–H groups in total. The Labute approximate surface area is 213 Å². The van der Waals surface area contributed by atoms with Crippen LogP contribution in [-0.4, -0.2) is 58.3 Å². The van der Waals surface area contributed by atoms with Gasteiger partial charge in [0.25, 0.3) is 5.91 Å². The third-order valence-electron chi connectivity index (χ3n) is 7.58. The minimum Gasteiger partial charge on any atom is -0.388 e. The first kappa shape index (κ1) is 24.2. The van der Waals surface area contributed by atoms with Gasteiger partial charge in [-0.25, -0.2) is 0 Å². The second-order valence-corrected chi connectivity index (χ2v) is 10.7. The van der Waals surface area contributed by atoms with Crippen molar-refractivity contribution in [1.29, 1.82) is 0 Å². The molecule has 35 heavy (non-hydrogen) atoms. The highest BCUT2D eigenvalue weighted by Gasteiger charge is 2.39. The predicted molar refractivity (Wildman–Crippen MR) is 135 cm³/mol. The third kappa shape index (κ3) is 5.20. The molecule has 0 aliphatic carbocycles. The lowest BCUT2D eigenvalue weighted by Gasteiger charge is -2.32. The highest BCUT2D eigenvalue weighted by molar-refractivity contribution is 9.10. The summed E-state index contributed by atoms with van der Waals surface area (Å²) in [4.78, 5) is 40.5. The number of nitrogens with zero attached hydrogens (tertiary/aromatic N) is 2. The van der Waals surface area contributed by atoms with Crippen molar-refractivity contribution in [2.45, 2.75) is 56.7 Å². The molecule has 3 amide bonds. The summed E-state index contributed by atoms with van der Waals surface area (Å²) >= 11 is 3.50. The fraction of sp³-hybridized carbons (Fsp3) is 0.444. The standard InChI is InChI=1S/C27H30BrN3O4/c28-21-4-1-17(2-5-21)18-9-12-30(13-10-18)14-11-24(32)19-3-6-22-20(15-19)16-31(27(22)35)23-7-8-25(33)29-26(23)34/h1-6,15,18,23-24,32H,7-14,16H2,(H,29,33,34). The van der Waals surface area contributed by atoms with E-state index in [-0.39, 0.29) is 18.2 Å². The van der Waals surface area contributed by atoms with Gasteiger partial charge in [0, 0.05) is 29.5 Å². The number of carbonyl (C=O) groups excluding carboxylic acids is 3. The van der Waals surface area contributed by atoms with E-state index in [1.54, 1.807) is 6.07 Å². The highest BCUT2D eigenvalue weighted by Crippen LogP contribution is 2.32. The summed E-state index contributed by atoms with van der Waals surface area (Å²) in [5.74, 6) is -0.306. The molecule has 2 saturated heterocycles. The molecule has 0 bridgehead atoms. The fourth-order valence-corrected chi connectivity index (χ4v) is 5.76. The zero-order valence-electron chi connectivity index (χ0n) is 19.6. The lowest BCUT2D eigenvalue weighted by molar-refractivity contribution is -0.136. The van der Waals surface area contributed by atoms with Crippen molar-refractivity contribution in [1.82, 2.24) is 15.1 Å². The van der Waals surface area contributed by atoms with E-state index in [1.165, 1.54) is 10.5 Å². The number of amides is 3. The van der Waals surface area contributed by atoms with Crippen LogP contribution >= 0.6 is 15.9 Å². The molecular weight excluding hydrogens is 510 g/mol. The topological polar surface area (TPSA) is 90.0 Å². The average Bonchev–Trinajstić information content (AvgIpc) is 3.19. The van der Waals surface area contributed by atoms with Crippen LogP contribution in [0, 0.1) is 0 Å². The lowest BCUT2D eigenvalue weighted by Crippen LogP contribution is -2.52. The van der Waals surface area contributed by atoms with Crippen molar-refractivity contribution in [3.05, 3.63) is 69.2 Å². The van der Waals surface area contributed by atoms with Gasteiger partial charge in [-0.2, -0.15) is 0 Å². The summed E-state index contributed by atoms with van der Waals surface area (Å²) in [7, 11) is 0. The maximum absolute atomic E-state index is 12.9. The SMILES string of the molecule is O=C1CCC(N2Cc3cc(C(O)CCN4CCC(c5ccc(Br)cc5)CC4)ccc3C2=O)C(=O)N1. The number of benzene rings is 2. The van der Waals surface area contributed by atoms with Crippen molar-refractivity contribution in [2.24, 2.45) is 0 Å². The maximum atomic E-state index is 12.9. The Morgan fingerprint density at radius 3 is 2.49 bits per heavy atom. The van der Waals surface area contributed by atoms with Crippen LogP contribution in [0.1, 0.15) is 71.2 Å². The molecule has 7 nitrogen and oxygen atoms in total. The molecule has 2 atom stereocenters. The number of imide groups is 1. The number of hydrogen-bond acceptors (Lipinski definition) is 5. The van der Waals surface area contributed by atoms with Crippen molar-refractivity contribution < 1.29 is 19.5 Å². The van der Waals surface area contributed by atoms with Crippen LogP contribution in [0.4, 0.5) is 0 Å². The van der Waals surface area contributed by atoms with Crippen LogP contribution in [0.2, 0.25) is 0 Å². The van der Waals surface area contributed by atoms with Crippen LogP contribution in [0.3, 0.4) is 0 Å². The Bertz CT molecular complexity index is 1130. The van der Waals surface area contributed by atoms with Gasteiger partial charge in [-0.3, -0.25) is 19.7 Å². The number of nitrogens with one attached hydrogen (secondary N) is 1. The number of halogens is 1. The molecule has 5 rings (SSSR count). The Kier molecular flexibility index (Phi) is 7.05. The number of hydrogen-bond donors (Lipinski definition) is 2. The van der Waals surface area contributed by atoms with Crippen molar-refractivity contribution in [3.8, 4) is 0 Å². The highest BCUT2D eigenvalue weighted by atomic mass is 79.9. The second-order valence-electron chi connectivity index (χ2n) is 9.79.